The van der Waals surface area contributed by atoms with Crippen molar-refractivity contribution < 1.29 is 29.0 Å². The number of hydrogen-bond acceptors (Lipinski definition) is 6. The average Bonchev–Trinajstić information content (AvgIpc) is 3.02. The molecule has 0 saturated carbocycles. The van der Waals surface area contributed by atoms with Crippen LogP contribution in [0.5, 0.6) is 11.5 Å². The molecule has 2 aromatic rings. The maximum absolute atomic E-state index is 12.3. The van der Waals surface area contributed by atoms with E-state index in [1.165, 1.54) is 4.90 Å². The van der Waals surface area contributed by atoms with E-state index in [0.717, 1.165) is 0 Å². The van der Waals surface area contributed by atoms with E-state index in [1.54, 1.807) is 42.5 Å². The first kappa shape index (κ1) is 19.9. The third-order valence-electron chi connectivity index (χ3n) is 5.11. The van der Waals surface area contributed by atoms with Gasteiger partial charge in [0.1, 0.15) is 13.2 Å². The lowest BCUT2D eigenvalue weighted by atomic mass is 10.1. The number of carbonyl (C=O) groups excluding carboxylic acids is 3. The van der Waals surface area contributed by atoms with Crippen LogP contribution in [0.25, 0.3) is 0 Å². The van der Waals surface area contributed by atoms with Crippen LogP contribution in [-0.2, 0) is 4.79 Å². The fraction of sp³-hybridized carbons (Fsp3) is 0.318. The molecule has 0 saturated heterocycles. The number of ether oxygens (including phenoxy) is 2. The van der Waals surface area contributed by atoms with Crippen molar-refractivity contribution in [3.05, 3.63) is 59.2 Å². The van der Waals surface area contributed by atoms with Crippen molar-refractivity contribution in [1.82, 2.24) is 10.2 Å². The number of nitrogens with one attached hydrogen (secondary N) is 1. The summed E-state index contributed by atoms with van der Waals surface area (Å²) in [6, 6.07) is 11.8. The Balaban J connectivity index is 1.23. The van der Waals surface area contributed by atoms with Crippen LogP contribution in [0, 0.1) is 0 Å². The molecule has 8 heteroatoms. The zero-order chi connectivity index (χ0) is 21.1. The van der Waals surface area contributed by atoms with E-state index < -0.39 is 6.10 Å². The van der Waals surface area contributed by atoms with Crippen molar-refractivity contribution in [1.29, 1.82) is 0 Å². The van der Waals surface area contributed by atoms with Crippen LogP contribution in [0.1, 0.15) is 45.2 Å². The average molecular weight is 410 g/mol. The molecule has 0 spiro atoms. The normalized spacial score (nSPS) is 15.7. The lowest BCUT2D eigenvalue weighted by Gasteiger charge is -2.20. The van der Waals surface area contributed by atoms with Gasteiger partial charge in [-0.3, -0.25) is 19.3 Å². The number of imide groups is 1. The SMILES string of the molecule is O=C(CCCN1C(=O)c2ccccc2C1=O)NCC(O)c1ccc2c(c1)OCCO2. The summed E-state index contributed by atoms with van der Waals surface area (Å²) in [6.45, 7) is 1.16. The van der Waals surface area contributed by atoms with E-state index >= 15 is 0 Å². The number of aliphatic hydroxyl groups is 1. The second-order valence-corrected chi connectivity index (χ2v) is 7.13. The summed E-state index contributed by atoms with van der Waals surface area (Å²) >= 11 is 0. The van der Waals surface area contributed by atoms with Crippen molar-refractivity contribution >= 4 is 17.7 Å². The van der Waals surface area contributed by atoms with Crippen LogP contribution in [0.2, 0.25) is 0 Å². The highest BCUT2D eigenvalue weighted by Gasteiger charge is 2.34. The topological polar surface area (TPSA) is 105 Å². The highest BCUT2D eigenvalue weighted by Crippen LogP contribution is 2.32. The van der Waals surface area contributed by atoms with Gasteiger partial charge in [-0.05, 0) is 36.2 Å². The Labute approximate surface area is 173 Å². The van der Waals surface area contributed by atoms with Gasteiger partial charge in [0.25, 0.3) is 11.8 Å². The standard InChI is InChI=1S/C22H22N2O6/c25-17(14-7-8-18-19(12-14)30-11-10-29-18)13-23-20(26)6-3-9-24-21(27)15-4-1-2-5-16(15)22(24)28/h1-2,4-5,7-8,12,17,25H,3,6,9-11,13H2,(H,23,26). The lowest BCUT2D eigenvalue weighted by molar-refractivity contribution is -0.121. The summed E-state index contributed by atoms with van der Waals surface area (Å²) in [5.41, 5.74) is 1.41. The van der Waals surface area contributed by atoms with Gasteiger partial charge in [-0.2, -0.15) is 0 Å². The van der Waals surface area contributed by atoms with Crippen LogP contribution in [0.15, 0.2) is 42.5 Å². The summed E-state index contributed by atoms with van der Waals surface area (Å²) in [7, 11) is 0. The molecule has 1 atom stereocenters. The van der Waals surface area contributed by atoms with Gasteiger partial charge in [0.05, 0.1) is 17.2 Å². The summed E-state index contributed by atoms with van der Waals surface area (Å²) in [5, 5.41) is 13.0. The largest absolute Gasteiger partial charge is 0.486 e. The van der Waals surface area contributed by atoms with Crippen molar-refractivity contribution in [3.63, 3.8) is 0 Å². The van der Waals surface area contributed by atoms with Crippen molar-refractivity contribution in [3.8, 4) is 11.5 Å². The first-order valence-corrected chi connectivity index (χ1v) is 9.84. The molecule has 0 radical (unpaired) electrons. The molecule has 30 heavy (non-hydrogen) atoms. The fourth-order valence-corrected chi connectivity index (χ4v) is 3.52. The number of aliphatic hydroxyl groups excluding tert-OH is 1. The molecule has 3 amide bonds. The third-order valence-corrected chi connectivity index (χ3v) is 5.11. The maximum Gasteiger partial charge on any atom is 0.261 e. The van der Waals surface area contributed by atoms with Crippen LogP contribution in [0.4, 0.5) is 0 Å². The molecular formula is C22H22N2O6. The monoisotopic (exact) mass is 410 g/mol. The number of fused-ring (bicyclic) bond motifs is 2. The van der Waals surface area contributed by atoms with Gasteiger partial charge < -0.3 is 19.9 Å². The van der Waals surface area contributed by atoms with E-state index in [1.807, 2.05) is 0 Å². The number of rotatable bonds is 7. The van der Waals surface area contributed by atoms with Crippen molar-refractivity contribution in [2.75, 3.05) is 26.3 Å². The van der Waals surface area contributed by atoms with E-state index in [4.69, 9.17) is 9.47 Å². The predicted molar refractivity (Wildman–Crippen MR) is 106 cm³/mol. The first-order valence-electron chi connectivity index (χ1n) is 9.84. The van der Waals surface area contributed by atoms with E-state index in [0.29, 0.717) is 47.8 Å². The number of hydrogen-bond donors (Lipinski definition) is 2. The highest BCUT2D eigenvalue weighted by atomic mass is 16.6. The Kier molecular flexibility index (Phi) is 5.67. The van der Waals surface area contributed by atoms with Crippen molar-refractivity contribution in [2.45, 2.75) is 18.9 Å². The van der Waals surface area contributed by atoms with Crippen LogP contribution in [0.3, 0.4) is 0 Å². The zero-order valence-electron chi connectivity index (χ0n) is 16.3. The molecule has 2 heterocycles. The van der Waals surface area contributed by atoms with Gasteiger partial charge in [-0.15, -0.1) is 0 Å². The highest BCUT2D eigenvalue weighted by molar-refractivity contribution is 6.21. The minimum absolute atomic E-state index is 0.0471. The number of amides is 3. The molecule has 0 bridgehead atoms. The van der Waals surface area contributed by atoms with Gasteiger partial charge in [0.15, 0.2) is 11.5 Å². The van der Waals surface area contributed by atoms with E-state index in [-0.39, 0.29) is 37.2 Å². The Morgan fingerprint density at radius 3 is 2.40 bits per heavy atom. The molecule has 2 aromatic carbocycles. The summed E-state index contributed by atoms with van der Waals surface area (Å²) in [5.74, 6) is 0.290. The van der Waals surface area contributed by atoms with Crippen molar-refractivity contribution in [2.24, 2.45) is 0 Å². The van der Waals surface area contributed by atoms with Gasteiger partial charge in [-0.1, -0.05) is 18.2 Å². The number of nitrogens with zero attached hydrogens (tertiary/aromatic N) is 1. The van der Waals surface area contributed by atoms with E-state index in [9.17, 15) is 19.5 Å². The lowest BCUT2D eigenvalue weighted by Crippen LogP contribution is -2.32. The summed E-state index contributed by atoms with van der Waals surface area (Å²) < 4.78 is 10.9. The first-order chi connectivity index (χ1) is 14.5. The van der Waals surface area contributed by atoms with Gasteiger partial charge in [-0.25, -0.2) is 0 Å². The minimum Gasteiger partial charge on any atom is -0.486 e. The Hall–Kier alpha value is -3.39. The maximum atomic E-state index is 12.3. The Morgan fingerprint density at radius 1 is 1.03 bits per heavy atom. The second-order valence-electron chi connectivity index (χ2n) is 7.13. The molecular weight excluding hydrogens is 388 g/mol. The molecule has 4 rings (SSSR count). The van der Waals surface area contributed by atoms with Gasteiger partial charge in [0, 0.05) is 19.5 Å². The number of benzene rings is 2. The molecule has 156 valence electrons. The summed E-state index contributed by atoms with van der Waals surface area (Å²) in [4.78, 5) is 37.9. The molecule has 1 unspecified atom stereocenters. The molecule has 2 N–H and O–H groups in total. The smallest absolute Gasteiger partial charge is 0.261 e. The molecule has 2 aliphatic rings. The predicted octanol–water partition coefficient (Wildman–Crippen LogP) is 1.68. The molecule has 0 fully saturated rings. The molecule has 8 nitrogen and oxygen atoms in total. The van der Waals surface area contributed by atoms with Crippen LogP contribution in [-0.4, -0.2) is 54.0 Å². The van der Waals surface area contributed by atoms with Gasteiger partial charge >= 0.3 is 0 Å². The van der Waals surface area contributed by atoms with Crippen LogP contribution < -0.4 is 14.8 Å². The molecule has 0 aliphatic carbocycles. The minimum atomic E-state index is -0.888. The molecule has 2 aliphatic heterocycles. The molecule has 0 aromatic heterocycles. The van der Waals surface area contributed by atoms with E-state index in [2.05, 4.69) is 5.32 Å². The quantitative estimate of drug-likeness (QED) is 0.673. The number of carbonyl (C=O) groups is 3. The Morgan fingerprint density at radius 2 is 1.70 bits per heavy atom. The fourth-order valence-electron chi connectivity index (χ4n) is 3.52. The second kappa shape index (κ2) is 8.54. The zero-order valence-corrected chi connectivity index (χ0v) is 16.3. The summed E-state index contributed by atoms with van der Waals surface area (Å²) in [6.07, 6.45) is -0.403. The van der Waals surface area contributed by atoms with Gasteiger partial charge in [0.2, 0.25) is 5.91 Å². The Bertz CT molecular complexity index is 954. The third kappa shape index (κ3) is 3.99. The van der Waals surface area contributed by atoms with Crippen LogP contribution >= 0.6 is 0 Å².